The van der Waals surface area contributed by atoms with Gasteiger partial charge in [0.25, 0.3) is 11.8 Å². The highest BCUT2D eigenvalue weighted by atomic mass is 32.1. The van der Waals surface area contributed by atoms with Crippen molar-refractivity contribution in [2.45, 2.75) is 19.6 Å². The third-order valence-corrected chi connectivity index (χ3v) is 5.87. The lowest BCUT2D eigenvalue weighted by Gasteiger charge is -2.15. The van der Waals surface area contributed by atoms with Crippen molar-refractivity contribution >= 4 is 28.8 Å². The fourth-order valence-electron chi connectivity index (χ4n) is 3.17. The van der Waals surface area contributed by atoms with Crippen molar-refractivity contribution in [2.24, 2.45) is 0 Å². The maximum atomic E-state index is 12.6. The number of hydrogen-bond acceptors (Lipinski definition) is 5. The van der Waals surface area contributed by atoms with Crippen LogP contribution in [0.3, 0.4) is 0 Å². The Hall–Kier alpha value is -3.97. The van der Waals surface area contributed by atoms with Gasteiger partial charge in [0.1, 0.15) is 12.4 Å². The number of benzene rings is 2. The molecule has 0 saturated heterocycles. The highest BCUT2D eigenvalue weighted by Crippen LogP contribution is 2.20. The number of hydrogen-bond donors (Lipinski definition) is 2. The highest BCUT2D eigenvalue weighted by molar-refractivity contribution is 7.12. The summed E-state index contributed by atoms with van der Waals surface area (Å²) in [5.41, 5.74) is 3.13. The number of aromatic nitrogens is 1. The summed E-state index contributed by atoms with van der Waals surface area (Å²) in [7, 11) is 0. The molecule has 0 spiro atoms. The molecule has 0 bridgehead atoms. The first-order chi connectivity index (χ1) is 16.1. The molecule has 2 aromatic heterocycles. The number of carbonyl (C=O) groups excluding carboxylic acids is 2. The van der Waals surface area contributed by atoms with Crippen molar-refractivity contribution in [2.75, 3.05) is 5.32 Å². The van der Waals surface area contributed by atoms with Gasteiger partial charge in [-0.05, 0) is 66.4 Å². The van der Waals surface area contributed by atoms with E-state index < -0.39 is 0 Å². The summed E-state index contributed by atoms with van der Waals surface area (Å²) >= 11 is 1.38. The minimum atomic E-state index is -0.185. The summed E-state index contributed by atoms with van der Waals surface area (Å²) in [5, 5.41) is 7.68. The van der Waals surface area contributed by atoms with Crippen molar-refractivity contribution < 1.29 is 14.3 Å². The smallest absolute Gasteiger partial charge is 0.265 e. The van der Waals surface area contributed by atoms with Gasteiger partial charge in [-0.2, -0.15) is 0 Å². The van der Waals surface area contributed by atoms with Crippen LogP contribution >= 0.6 is 11.3 Å². The molecule has 2 amide bonds. The number of nitrogens with zero attached hydrogens (tertiary/aromatic N) is 1. The average molecular weight is 458 g/mol. The normalized spacial score (nSPS) is 11.4. The zero-order valence-corrected chi connectivity index (χ0v) is 18.8. The molecule has 0 saturated carbocycles. The molecule has 4 aromatic rings. The van der Waals surface area contributed by atoms with Crippen molar-refractivity contribution in [3.05, 3.63) is 112 Å². The molecule has 0 radical (unpaired) electrons. The Balaban J connectivity index is 1.30. The van der Waals surface area contributed by atoms with Gasteiger partial charge in [0, 0.05) is 29.2 Å². The van der Waals surface area contributed by atoms with Gasteiger partial charge in [0.2, 0.25) is 0 Å². The van der Waals surface area contributed by atoms with Gasteiger partial charge in [-0.1, -0.05) is 24.3 Å². The van der Waals surface area contributed by atoms with E-state index in [-0.39, 0.29) is 17.9 Å². The number of pyridine rings is 1. The van der Waals surface area contributed by atoms with E-state index in [1.807, 2.05) is 54.8 Å². The fraction of sp³-hybridized carbons (Fsp3) is 0.115. The molecule has 7 heteroatoms. The van der Waals surface area contributed by atoms with Crippen molar-refractivity contribution in [3.63, 3.8) is 0 Å². The summed E-state index contributed by atoms with van der Waals surface area (Å²) < 4.78 is 5.78. The topological polar surface area (TPSA) is 80.3 Å². The quantitative estimate of drug-likeness (QED) is 0.368. The van der Waals surface area contributed by atoms with Crippen LogP contribution in [-0.2, 0) is 6.61 Å². The first-order valence-corrected chi connectivity index (χ1v) is 11.3. The molecule has 2 heterocycles. The minimum Gasteiger partial charge on any atom is -0.489 e. The predicted octanol–water partition coefficient (Wildman–Crippen LogP) is 5.47. The van der Waals surface area contributed by atoms with Gasteiger partial charge in [0.15, 0.2) is 0 Å². The molecule has 2 N–H and O–H groups in total. The summed E-state index contributed by atoms with van der Waals surface area (Å²) in [4.78, 5) is 29.5. The van der Waals surface area contributed by atoms with Gasteiger partial charge in [-0.25, -0.2) is 0 Å². The zero-order valence-electron chi connectivity index (χ0n) is 18.0. The monoisotopic (exact) mass is 457 g/mol. The highest BCUT2D eigenvalue weighted by Gasteiger charge is 2.13. The first kappa shape index (κ1) is 22.2. The first-order valence-electron chi connectivity index (χ1n) is 10.5. The second kappa shape index (κ2) is 10.6. The Kier molecular flexibility index (Phi) is 7.12. The molecule has 4 rings (SSSR count). The van der Waals surface area contributed by atoms with Crippen LogP contribution in [-0.4, -0.2) is 16.8 Å². The van der Waals surface area contributed by atoms with E-state index in [9.17, 15) is 9.59 Å². The Morgan fingerprint density at radius 3 is 2.42 bits per heavy atom. The molecule has 0 fully saturated rings. The predicted molar refractivity (Wildman–Crippen MR) is 130 cm³/mol. The molecular weight excluding hydrogens is 434 g/mol. The Bertz CT molecular complexity index is 1190. The standard InChI is InChI=1S/C26H23N3O3S/c1-18(20-8-12-23(13-9-20)32-17-19-4-2-14-27-16-19)28-25(30)21-6-10-22(11-7-21)29-26(31)24-5-3-15-33-24/h2-16,18H,17H2,1H3,(H,28,30)(H,29,31). The molecule has 0 aliphatic heterocycles. The van der Waals surface area contributed by atoms with Crippen LogP contribution in [0.2, 0.25) is 0 Å². The Labute approximate surface area is 196 Å². The molecule has 0 aliphatic rings. The van der Waals surface area contributed by atoms with Crippen LogP contribution in [0.5, 0.6) is 5.75 Å². The number of anilines is 1. The van der Waals surface area contributed by atoms with E-state index in [2.05, 4.69) is 15.6 Å². The minimum absolute atomic E-state index is 0.163. The SMILES string of the molecule is CC(NC(=O)c1ccc(NC(=O)c2cccs2)cc1)c1ccc(OCc2cccnc2)cc1. The summed E-state index contributed by atoms with van der Waals surface area (Å²) in [6.45, 7) is 2.38. The average Bonchev–Trinajstić information content (AvgIpc) is 3.39. The molecule has 6 nitrogen and oxygen atoms in total. The Morgan fingerprint density at radius 2 is 1.76 bits per heavy atom. The molecular formula is C26H23N3O3S. The van der Waals surface area contributed by atoms with Gasteiger partial charge in [0.05, 0.1) is 10.9 Å². The molecule has 33 heavy (non-hydrogen) atoms. The molecule has 1 atom stereocenters. The van der Waals surface area contributed by atoms with E-state index >= 15 is 0 Å². The summed E-state index contributed by atoms with van der Waals surface area (Å²) in [5.74, 6) is 0.403. The van der Waals surface area contributed by atoms with Crippen LogP contribution < -0.4 is 15.4 Å². The lowest BCUT2D eigenvalue weighted by Crippen LogP contribution is -2.26. The maximum Gasteiger partial charge on any atom is 0.265 e. The van der Waals surface area contributed by atoms with E-state index in [0.29, 0.717) is 22.7 Å². The number of ether oxygens (including phenoxy) is 1. The largest absolute Gasteiger partial charge is 0.489 e. The number of amides is 2. The van der Waals surface area contributed by atoms with Crippen molar-refractivity contribution in [1.82, 2.24) is 10.3 Å². The van der Waals surface area contributed by atoms with Crippen LogP contribution in [0, 0.1) is 0 Å². The molecule has 1 unspecified atom stereocenters. The van der Waals surface area contributed by atoms with Gasteiger partial charge < -0.3 is 15.4 Å². The number of nitrogens with one attached hydrogen (secondary N) is 2. The fourth-order valence-corrected chi connectivity index (χ4v) is 3.79. The second-order valence-corrected chi connectivity index (χ2v) is 8.37. The van der Waals surface area contributed by atoms with E-state index in [4.69, 9.17) is 4.74 Å². The van der Waals surface area contributed by atoms with E-state index in [0.717, 1.165) is 16.9 Å². The zero-order chi connectivity index (χ0) is 23.0. The van der Waals surface area contributed by atoms with Gasteiger partial charge >= 0.3 is 0 Å². The third kappa shape index (κ3) is 6.05. The lowest BCUT2D eigenvalue weighted by atomic mass is 10.1. The van der Waals surface area contributed by atoms with Crippen LogP contribution in [0.15, 0.2) is 90.6 Å². The summed E-state index contributed by atoms with van der Waals surface area (Å²) in [6, 6.07) is 21.7. The van der Waals surface area contributed by atoms with E-state index in [1.54, 1.807) is 42.7 Å². The molecule has 166 valence electrons. The Morgan fingerprint density at radius 1 is 0.970 bits per heavy atom. The maximum absolute atomic E-state index is 12.6. The van der Waals surface area contributed by atoms with Gasteiger partial charge in [-0.3, -0.25) is 14.6 Å². The third-order valence-electron chi connectivity index (χ3n) is 5.01. The van der Waals surface area contributed by atoms with Crippen molar-refractivity contribution in [1.29, 1.82) is 0 Å². The van der Waals surface area contributed by atoms with Crippen molar-refractivity contribution in [3.8, 4) is 5.75 Å². The van der Waals surface area contributed by atoms with Crippen LogP contribution in [0.1, 0.15) is 44.1 Å². The molecule has 0 aliphatic carbocycles. The van der Waals surface area contributed by atoms with Crippen LogP contribution in [0.25, 0.3) is 0 Å². The lowest BCUT2D eigenvalue weighted by molar-refractivity contribution is 0.0939. The number of carbonyl (C=O) groups is 2. The number of thiophene rings is 1. The molecule has 2 aromatic carbocycles. The second-order valence-electron chi connectivity index (χ2n) is 7.42. The number of rotatable bonds is 8. The van der Waals surface area contributed by atoms with Crippen LogP contribution in [0.4, 0.5) is 5.69 Å². The van der Waals surface area contributed by atoms with E-state index in [1.165, 1.54) is 11.3 Å². The van der Waals surface area contributed by atoms with Gasteiger partial charge in [-0.15, -0.1) is 11.3 Å². The summed E-state index contributed by atoms with van der Waals surface area (Å²) in [6.07, 6.45) is 3.50.